The molecule has 0 saturated carbocycles. The van der Waals surface area contributed by atoms with Gasteiger partial charge in [0.2, 0.25) is 5.91 Å². The Morgan fingerprint density at radius 3 is 2.29 bits per heavy atom. The van der Waals surface area contributed by atoms with Crippen LogP contribution in [0.1, 0.15) is 36.5 Å². The van der Waals surface area contributed by atoms with E-state index in [1.807, 2.05) is 71.3 Å². The molecule has 4 aromatic rings. The Labute approximate surface area is 268 Å². The minimum absolute atomic E-state index is 0.107. The average Bonchev–Trinajstić information content (AvgIpc) is 3.51. The number of nitrogens with zero attached hydrogens (tertiary/aromatic N) is 5. The van der Waals surface area contributed by atoms with E-state index in [2.05, 4.69) is 14.8 Å². The number of benzene rings is 3. The largest absolute Gasteiger partial charge is 0.497 e. The van der Waals surface area contributed by atoms with Crippen molar-refractivity contribution in [2.45, 2.75) is 37.4 Å². The zero-order valence-electron chi connectivity index (χ0n) is 26.1. The van der Waals surface area contributed by atoms with E-state index in [9.17, 15) is 9.59 Å². The summed E-state index contributed by atoms with van der Waals surface area (Å²) in [5, 5.41) is 9.83. The van der Waals surface area contributed by atoms with Gasteiger partial charge in [0, 0.05) is 55.2 Å². The van der Waals surface area contributed by atoms with Crippen molar-refractivity contribution >= 4 is 23.6 Å². The molecule has 3 aromatic carbocycles. The number of thioether (sulfide) groups is 1. The SMILES string of the molecule is COc1ccc(-n2c(SCCCCC(=O)N3CCN(C(=O)c4ccc(OC)cc4OC)C(C)C3)nnc2-c2ccccc2)cc1. The van der Waals surface area contributed by atoms with Crippen molar-refractivity contribution in [1.82, 2.24) is 24.6 Å². The molecule has 1 saturated heterocycles. The lowest BCUT2D eigenvalue weighted by Crippen LogP contribution is -2.55. The Morgan fingerprint density at radius 1 is 0.867 bits per heavy atom. The van der Waals surface area contributed by atoms with Crippen LogP contribution < -0.4 is 14.2 Å². The maximum Gasteiger partial charge on any atom is 0.257 e. The van der Waals surface area contributed by atoms with Crippen molar-refractivity contribution in [1.29, 1.82) is 0 Å². The Kier molecular flexibility index (Phi) is 10.6. The zero-order valence-corrected chi connectivity index (χ0v) is 27.0. The topological polar surface area (TPSA) is 99.0 Å². The molecule has 5 rings (SSSR count). The lowest BCUT2D eigenvalue weighted by atomic mass is 10.1. The van der Waals surface area contributed by atoms with Gasteiger partial charge in [0.15, 0.2) is 11.0 Å². The number of rotatable bonds is 12. The van der Waals surface area contributed by atoms with E-state index in [0.717, 1.165) is 46.6 Å². The van der Waals surface area contributed by atoms with E-state index in [0.29, 0.717) is 43.1 Å². The highest BCUT2D eigenvalue weighted by molar-refractivity contribution is 7.99. The molecule has 236 valence electrons. The minimum Gasteiger partial charge on any atom is -0.497 e. The number of hydrogen-bond acceptors (Lipinski definition) is 8. The predicted molar refractivity (Wildman–Crippen MR) is 175 cm³/mol. The maximum atomic E-state index is 13.3. The van der Waals surface area contributed by atoms with Crippen molar-refractivity contribution in [3.63, 3.8) is 0 Å². The molecule has 0 radical (unpaired) electrons. The van der Waals surface area contributed by atoms with E-state index < -0.39 is 0 Å². The van der Waals surface area contributed by atoms with Gasteiger partial charge < -0.3 is 24.0 Å². The van der Waals surface area contributed by atoms with Crippen molar-refractivity contribution in [3.8, 4) is 34.3 Å². The molecule has 1 aliphatic rings. The quantitative estimate of drug-likeness (QED) is 0.148. The van der Waals surface area contributed by atoms with Crippen LogP contribution in [-0.2, 0) is 4.79 Å². The summed E-state index contributed by atoms with van der Waals surface area (Å²) in [5.41, 5.74) is 2.42. The molecule has 1 aliphatic heterocycles. The molecule has 1 atom stereocenters. The molecule has 0 bridgehead atoms. The first kappa shape index (κ1) is 31.9. The van der Waals surface area contributed by atoms with Crippen molar-refractivity contribution in [3.05, 3.63) is 78.4 Å². The summed E-state index contributed by atoms with van der Waals surface area (Å²) in [7, 11) is 4.77. The van der Waals surface area contributed by atoms with Crippen molar-refractivity contribution in [2.75, 3.05) is 46.7 Å². The van der Waals surface area contributed by atoms with Gasteiger partial charge in [0.05, 0.1) is 26.9 Å². The summed E-state index contributed by atoms with van der Waals surface area (Å²) in [5.74, 6) is 3.47. The second kappa shape index (κ2) is 15.0. The molecular weight excluding hydrogens is 590 g/mol. The number of unbranched alkanes of at least 4 members (excludes halogenated alkanes) is 1. The van der Waals surface area contributed by atoms with Crippen LogP contribution in [0.5, 0.6) is 17.2 Å². The number of carbonyl (C=O) groups is 2. The van der Waals surface area contributed by atoms with Crippen LogP contribution in [0.4, 0.5) is 0 Å². The number of amides is 2. The fourth-order valence-corrected chi connectivity index (χ4v) is 6.37. The van der Waals surface area contributed by atoms with Gasteiger partial charge in [0.1, 0.15) is 17.2 Å². The summed E-state index contributed by atoms with van der Waals surface area (Å²) in [6.45, 7) is 3.47. The summed E-state index contributed by atoms with van der Waals surface area (Å²) in [6.07, 6.45) is 2.09. The highest BCUT2D eigenvalue weighted by Gasteiger charge is 2.31. The normalized spacial score (nSPS) is 14.7. The van der Waals surface area contributed by atoms with Crippen LogP contribution in [0.15, 0.2) is 78.0 Å². The highest BCUT2D eigenvalue weighted by atomic mass is 32.2. The van der Waals surface area contributed by atoms with Crippen molar-refractivity contribution in [2.24, 2.45) is 0 Å². The fraction of sp³-hybridized carbons (Fsp3) is 0.353. The standard InChI is InChI=1S/C34H39N5O5S/c1-24-23-37(19-20-38(24)33(41)29-18-17-28(43-3)22-30(29)44-4)31(40)12-8-9-21-45-34-36-35-32(25-10-6-5-7-11-25)39(34)26-13-15-27(42-2)16-14-26/h5-7,10-11,13-18,22,24H,8-9,12,19-21,23H2,1-4H3. The molecule has 45 heavy (non-hydrogen) atoms. The molecule has 10 nitrogen and oxygen atoms in total. The van der Waals surface area contributed by atoms with E-state index in [4.69, 9.17) is 14.2 Å². The molecule has 2 heterocycles. The monoisotopic (exact) mass is 629 g/mol. The van der Waals surface area contributed by atoms with Crippen LogP contribution in [0, 0.1) is 0 Å². The van der Waals surface area contributed by atoms with Crippen LogP contribution in [-0.4, -0.2) is 89.1 Å². The molecule has 1 aromatic heterocycles. The highest BCUT2D eigenvalue weighted by Crippen LogP contribution is 2.30. The van der Waals surface area contributed by atoms with Crippen LogP contribution in [0.25, 0.3) is 17.1 Å². The number of carbonyl (C=O) groups excluding carboxylic acids is 2. The van der Waals surface area contributed by atoms with E-state index in [1.54, 1.807) is 44.2 Å². The lowest BCUT2D eigenvalue weighted by molar-refractivity contribution is -0.133. The maximum absolute atomic E-state index is 13.3. The molecule has 11 heteroatoms. The average molecular weight is 630 g/mol. The number of aromatic nitrogens is 3. The van der Waals surface area contributed by atoms with Gasteiger partial charge in [-0.25, -0.2) is 0 Å². The van der Waals surface area contributed by atoms with Crippen LogP contribution >= 0.6 is 11.8 Å². The van der Waals surface area contributed by atoms with Gasteiger partial charge in [0.25, 0.3) is 5.91 Å². The summed E-state index contributed by atoms with van der Waals surface area (Å²) in [6, 6.07) is 22.9. The number of methoxy groups -OCH3 is 3. The van der Waals surface area contributed by atoms with Crippen LogP contribution in [0.3, 0.4) is 0 Å². The third-order valence-electron chi connectivity index (χ3n) is 7.89. The molecule has 2 amide bonds. The third-order valence-corrected chi connectivity index (χ3v) is 8.91. The number of piperazine rings is 1. The van der Waals surface area contributed by atoms with Gasteiger partial charge >= 0.3 is 0 Å². The van der Waals surface area contributed by atoms with Crippen molar-refractivity contribution < 1.29 is 23.8 Å². The minimum atomic E-state index is -0.110. The first-order chi connectivity index (χ1) is 21.9. The smallest absolute Gasteiger partial charge is 0.257 e. The molecule has 0 aliphatic carbocycles. The lowest BCUT2D eigenvalue weighted by Gasteiger charge is -2.40. The van der Waals surface area contributed by atoms with Gasteiger partial charge in [-0.2, -0.15) is 0 Å². The Morgan fingerprint density at radius 2 is 1.60 bits per heavy atom. The van der Waals surface area contributed by atoms with Gasteiger partial charge in [-0.3, -0.25) is 14.2 Å². The Hall–Kier alpha value is -4.51. The summed E-state index contributed by atoms with van der Waals surface area (Å²) in [4.78, 5) is 30.1. The first-order valence-electron chi connectivity index (χ1n) is 15.0. The molecule has 1 fully saturated rings. The van der Waals surface area contributed by atoms with Gasteiger partial charge in [-0.15, -0.1) is 10.2 Å². The Bertz CT molecular complexity index is 1590. The molecule has 1 unspecified atom stereocenters. The molecular formula is C34H39N5O5S. The zero-order chi connectivity index (χ0) is 31.8. The second-order valence-electron chi connectivity index (χ2n) is 10.8. The number of ether oxygens (including phenoxy) is 3. The molecule has 0 spiro atoms. The van der Waals surface area contributed by atoms with E-state index in [1.165, 1.54) is 7.11 Å². The fourth-order valence-electron chi connectivity index (χ4n) is 5.42. The summed E-state index contributed by atoms with van der Waals surface area (Å²) < 4.78 is 18.1. The van der Waals surface area contributed by atoms with Gasteiger partial charge in [-0.05, 0) is 56.2 Å². The first-order valence-corrected chi connectivity index (χ1v) is 16.0. The number of hydrogen-bond donors (Lipinski definition) is 0. The molecule has 0 N–H and O–H groups in total. The predicted octanol–water partition coefficient (Wildman–Crippen LogP) is 5.60. The third kappa shape index (κ3) is 7.42. The van der Waals surface area contributed by atoms with Gasteiger partial charge in [-0.1, -0.05) is 42.1 Å². The van der Waals surface area contributed by atoms with E-state index >= 15 is 0 Å². The van der Waals surface area contributed by atoms with E-state index in [-0.39, 0.29) is 17.9 Å². The van der Waals surface area contributed by atoms with Crippen LogP contribution in [0.2, 0.25) is 0 Å². The Balaban J connectivity index is 1.14. The second-order valence-corrected chi connectivity index (χ2v) is 11.8. The summed E-state index contributed by atoms with van der Waals surface area (Å²) >= 11 is 1.63.